The minimum absolute atomic E-state index is 0. The Kier molecular flexibility index (Phi) is 7.09. The van der Waals surface area contributed by atoms with Crippen molar-refractivity contribution in [3.63, 3.8) is 0 Å². The fourth-order valence-electron chi connectivity index (χ4n) is 2.04. The van der Waals surface area contributed by atoms with Crippen molar-refractivity contribution in [1.29, 1.82) is 0 Å². The third-order valence-electron chi connectivity index (χ3n) is 3.01. The number of likely N-dealkylation sites (N-methyl/N-ethyl adjacent to an activating group) is 1. The summed E-state index contributed by atoms with van der Waals surface area (Å²) in [5.74, 6) is 0.0284. The summed E-state index contributed by atoms with van der Waals surface area (Å²) in [6.45, 7) is 8.86. The summed E-state index contributed by atoms with van der Waals surface area (Å²) < 4.78 is 0. The van der Waals surface area contributed by atoms with Crippen LogP contribution in [0.4, 0.5) is 0 Å². The molecule has 0 radical (unpaired) electrons. The molecule has 0 saturated heterocycles. The van der Waals surface area contributed by atoms with E-state index in [-0.39, 0.29) is 29.8 Å². The third kappa shape index (κ3) is 5.21. The summed E-state index contributed by atoms with van der Waals surface area (Å²) >= 11 is 0. The molecule has 3 nitrogen and oxygen atoms in total. The monoisotopic (exact) mass is 284 g/mol. The Hall–Kier alpha value is -1.06. The quantitative estimate of drug-likeness (QED) is 0.893. The number of nitrogens with one attached hydrogen (secondary N) is 2. The molecule has 1 rings (SSSR count). The van der Waals surface area contributed by atoms with E-state index in [2.05, 4.69) is 50.5 Å². The lowest BCUT2D eigenvalue weighted by Crippen LogP contribution is -2.40. The van der Waals surface area contributed by atoms with Crippen molar-refractivity contribution in [1.82, 2.24) is 10.6 Å². The normalized spacial score (nSPS) is 12.5. The Morgan fingerprint density at radius 3 is 2.32 bits per heavy atom. The first-order valence-electron chi connectivity index (χ1n) is 6.35. The zero-order valence-corrected chi connectivity index (χ0v) is 13.2. The van der Waals surface area contributed by atoms with Gasteiger partial charge in [0.25, 0.3) is 0 Å². The Morgan fingerprint density at radius 2 is 1.84 bits per heavy atom. The van der Waals surface area contributed by atoms with Crippen LogP contribution in [0.15, 0.2) is 24.3 Å². The van der Waals surface area contributed by atoms with Crippen LogP contribution in [-0.2, 0) is 4.79 Å². The number of carbonyl (C=O) groups excluding carboxylic acids is 1. The number of halogens is 1. The molecule has 0 aromatic heterocycles. The molecule has 1 unspecified atom stereocenters. The minimum atomic E-state index is -0.0183. The molecule has 1 aromatic rings. The molecule has 0 bridgehead atoms. The second kappa shape index (κ2) is 7.51. The average molecular weight is 285 g/mol. The Bertz CT molecular complexity index is 413. The molecular formula is C15H25ClN2O. The van der Waals surface area contributed by atoms with Gasteiger partial charge in [0.15, 0.2) is 0 Å². The van der Waals surface area contributed by atoms with Crippen molar-refractivity contribution in [3.05, 3.63) is 35.4 Å². The van der Waals surface area contributed by atoms with Gasteiger partial charge in [0.2, 0.25) is 5.91 Å². The average Bonchev–Trinajstić information content (AvgIpc) is 2.26. The number of hydrogen-bond donors (Lipinski definition) is 2. The molecular weight excluding hydrogens is 260 g/mol. The van der Waals surface area contributed by atoms with Crippen molar-refractivity contribution in [3.8, 4) is 0 Å². The van der Waals surface area contributed by atoms with Crippen molar-refractivity contribution in [2.24, 2.45) is 5.41 Å². The maximum Gasteiger partial charge on any atom is 0.234 e. The van der Waals surface area contributed by atoms with Gasteiger partial charge in [-0.25, -0.2) is 0 Å². The van der Waals surface area contributed by atoms with Crippen LogP contribution in [0.25, 0.3) is 0 Å². The zero-order chi connectivity index (χ0) is 13.8. The predicted molar refractivity (Wildman–Crippen MR) is 82.7 cm³/mol. The van der Waals surface area contributed by atoms with E-state index in [4.69, 9.17) is 0 Å². The summed E-state index contributed by atoms with van der Waals surface area (Å²) in [7, 11) is 1.78. The van der Waals surface area contributed by atoms with Gasteiger partial charge in [-0.3, -0.25) is 4.79 Å². The predicted octanol–water partition coefficient (Wildman–Crippen LogP) is 2.84. The molecule has 0 aliphatic rings. The smallest absolute Gasteiger partial charge is 0.234 e. The van der Waals surface area contributed by atoms with Crippen molar-refractivity contribution in [2.45, 2.75) is 33.7 Å². The first-order valence-corrected chi connectivity index (χ1v) is 6.35. The largest absolute Gasteiger partial charge is 0.348 e. The molecule has 2 N–H and O–H groups in total. The number of rotatable bonds is 4. The van der Waals surface area contributed by atoms with Gasteiger partial charge in [-0.05, 0) is 30.5 Å². The molecule has 0 heterocycles. The third-order valence-corrected chi connectivity index (χ3v) is 3.01. The fourth-order valence-corrected chi connectivity index (χ4v) is 2.04. The van der Waals surface area contributed by atoms with Gasteiger partial charge in [-0.1, -0.05) is 45.0 Å². The highest BCUT2D eigenvalue weighted by atomic mass is 35.5. The SMILES string of the molecule is CNCC(=O)NC(c1ccccc1C)C(C)(C)C.Cl. The summed E-state index contributed by atoms with van der Waals surface area (Å²) in [5.41, 5.74) is 2.38. The lowest BCUT2D eigenvalue weighted by atomic mass is 9.81. The number of amides is 1. The molecule has 0 spiro atoms. The summed E-state index contributed by atoms with van der Waals surface area (Å²) in [4.78, 5) is 11.8. The van der Waals surface area contributed by atoms with Crippen LogP contribution < -0.4 is 10.6 Å². The van der Waals surface area contributed by atoms with Crippen molar-refractivity contribution in [2.75, 3.05) is 13.6 Å². The topological polar surface area (TPSA) is 41.1 Å². The van der Waals surface area contributed by atoms with E-state index in [1.807, 2.05) is 12.1 Å². The molecule has 0 saturated carbocycles. The van der Waals surface area contributed by atoms with E-state index >= 15 is 0 Å². The van der Waals surface area contributed by atoms with Gasteiger partial charge in [0, 0.05) is 0 Å². The number of hydrogen-bond acceptors (Lipinski definition) is 2. The maximum atomic E-state index is 11.8. The van der Waals surface area contributed by atoms with Crippen LogP contribution >= 0.6 is 12.4 Å². The molecule has 0 aliphatic carbocycles. The molecule has 19 heavy (non-hydrogen) atoms. The molecule has 108 valence electrons. The van der Waals surface area contributed by atoms with Gasteiger partial charge >= 0.3 is 0 Å². The van der Waals surface area contributed by atoms with Crippen LogP contribution in [0.1, 0.15) is 37.9 Å². The Labute approximate surface area is 122 Å². The van der Waals surface area contributed by atoms with E-state index < -0.39 is 0 Å². The lowest BCUT2D eigenvalue weighted by Gasteiger charge is -2.33. The van der Waals surface area contributed by atoms with E-state index in [9.17, 15) is 4.79 Å². The first kappa shape index (κ1) is 17.9. The minimum Gasteiger partial charge on any atom is -0.348 e. The summed E-state index contributed by atoms with van der Waals surface area (Å²) in [5, 5.41) is 5.99. The van der Waals surface area contributed by atoms with Gasteiger partial charge < -0.3 is 10.6 Å². The van der Waals surface area contributed by atoms with Gasteiger partial charge in [-0.2, -0.15) is 0 Å². The van der Waals surface area contributed by atoms with E-state index in [0.717, 1.165) is 0 Å². The Balaban J connectivity index is 0.00000324. The number of aryl methyl sites for hydroxylation is 1. The van der Waals surface area contributed by atoms with Gasteiger partial charge in [-0.15, -0.1) is 12.4 Å². The van der Waals surface area contributed by atoms with Crippen LogP contribution in [0.5, 0.6) is 0 Å². The van der Waals surface area contributed by atoms with Gasteiger partial charge in [0.05, 0.1) is 12.6 Å². The van der Waals surface area contributed by atoms with Crippen LogP contribution in [0, 0.1) is 12.3 Å². The molecule has 1 atom stereocenters. The zero-order valence-electron chi connectivity index (χ0n) is 12.4. The Morgan fingerprint density at radius 1 is 1.26 bits per heavy atom. The van der Waals surface area contributed by atoms with E-state index in [1.165, 1.54) is 11.1 Å². The van der Waals surface area contributed by atoms with Crippen molar-refractivity contribution < 1.29 is 4.79 Å². The first-order chi connectivity index (χ1) is 8.36. The van der Waals surface area contributed by atoms with Crippen molar-refractivity contribution >= 4 is 18.3 Å². The van der Waals surface area contributed by atoms with Crippen LogP contribution in [0.3, 0.4) is 0 Å². The standard InChI is InChI=1S/C15H24N2O.ClH/c1-11-8-6-7-9-12(11)14(15(2,3)4)17-13(18)10-16-5;/h6-9,14,16H,10H2,1-5H3,(H,17,18);1H. The fraction of sp³-hybridized carbons (Fsp3) is 0.533. The highest BCUT2D eigenvalue weighted by Gasteiger charge is 2.28. The molecule has 1 aromatic carbocycles. The maximum absolute atomic E-state index is 11.8. The molecule has 0 fully saturated rings. The summed E-state index contributed by atoms with van der Waals surface area (Å²) in [6.07, 6.45) is 0. The number of carbonyl (C=O) groups is 1. The second-order valence-electron chi connectivity index (χ2n) is 5.75. The highest BCUT2D eigenvalue weighted by molar-refractivity contribution is 5.85. The molecule has 1 amide bonds. The van der Waals surface area contributed by atoms with Crippen LogP contribution in [-0.4, -0.2) is 19.5 Å². The van der Waals surface area contributed by atoms with E-state index in [0.29, 0.717) is 6.54 Å². The second-order valence-corrected chi connectivity index (χ2v) is 5.75. The lowest BCUT2D eigenvalue weighted by molar-refractivity contribution is -0.121. The van der Waals surface area contributed by atoms with Gasteiger partial charge in [0.1, 0.15) is 0 Å². The molecule has 4 heteroatoms. The molecule has 0 aliphatic heterocycles. The highest BCUT2D eigenvalue weighted by Crippen LogP contribution is 2.34. The number of benzene rings is 1. The summed E-state index contributed by atoms with van der Waals surface area (Å²) in [6, 6.07) is 8.24. The van der Waals surface area contributed by atoms with E-state index in [1.54, 1.807) is 7.05 Å². The van der Waals surface area contributed by atoms with Crippen LogP contribution in [0.2, 0.25) is 0 Å².